The summed E-state index contributed by atoms with van der Waals surface area (Å²) in [4.78, 5) is 0. The van der Waals surface area contributed by atoms with Gasteiger partial charge in [0, 0.05) is 5.56 Å². The van der Waals surface area contributed by atoms with Gasteiger partial charge in [-0.3, -0.25) is 0 Å². The molecule has 20 heavy (non-hydrogen) atoms. The average Bonchev–Trinajstić information content (AvgIpc) is 2.46. The third-order valence-corrected chi connectivity index (χ3v) is 3.41. The van der Waals surface area contributed by atoms with Gasteiger partial charge in [0.05, 0.1) is 18.8 Å². The van der Waals surface area contributed by atoms with Crippen molar-refractivity contribution in [1.82, 2.24) is 0 Å². The summed E-state index contributed by atoms with van der Waals surface area (Å²) in [6, 6.07) is 13.5. The van der Waals surface area contributed by atoms with Gasteiger partial charge in [-0.05, 0) is 37.1 Å². The van der Waals surface area contributed by atoms with Gasteiger partial charge in [-0.25, -0.2) is 0 Å². The number of methoxy groups -OCH3 is 1. The van der Waals surface area contributed by atoms with Crippen molar-refractivity contribution in [2.45, 2.75) is 26.3 Å². The van der Waals surface area contributed by atoms with Crippen LogP contribution in [0, 0.1) is 6.92 Å². The Morgan fingerprint density at radius 3 is 2.60 bits per heavy atom. The van der Waals surface area contributed by atoms with Gasteiger partial charge in [0.1, 0.15) is 11.5 Å². The first kappa shape index (κ1) is 14.3. The van der Waals surface area contributed by atoms with Crippen LogP contribution >= 0.6 is 0 Å². The minimum atomic E-state index is 0.0481. The van der Waals surface area contributed by atoms with Crippen LogP contribution < -0.4 is 10.1 Å². The van der Waals surface area contributed by atoms with E-state index in [0.29, 0.717) is 5.75 Å². The van der Waals surface area contributed by atoms with Crippen molar-refractivity contribution < 1.29 is 9.84 Å². The van der Waals surface area contributed by atoms with Gasteiger partial charge in [0.15, 0.2) is 0 Å². The molecule has 1 atom stereocenters. The minimum Gasteiger partial charge on any atom is -0.508 e. The van der Waals surface area contributed by atoms with Gasteiger partial charge in [-0.2, -0.15) is 0 Å². The molecule has 0 aliphatic rings. The molecular weight excluding hydrogens is 250 g/mol. The Morgan fingerprint density at radius 2 is 1.95 bits per heavy atom. The number of nitrogens with one attached hydrogen (secondary N) is 1. The lowest BCUT2D eigenvalue weighted by molar-refractivity contribution is 0.415. The first-order chi connectivity index (χ1) is 9.65. The van der Waals surface area contributed by atoms with Crippen molar-refractivity contribution in [3.63, 3.8) is 0 Å². The van der Waals surface area contributed by atoms with E-state index in [1.165, 1.54) is 5.56 Å². The maximum absolute atomic E-state index is 10.00. The molecule has 2 N–H and O–H groups in total. The summed E-state index contributed by atoms with van der Waals surface area (Å²) in [6.07, 6.45) is 0.870. The number of phenolic OH excluding ortho intramolecular Hbond substituents is 1. The molecule has 0 aliphatic heterocycles. The highest BCUT2D eigenvalue weighted by molar-refractivity contribution is 5.59. The van der Waals surface area contributed by atoms with Crippen LogP contribution in [0.15, 0.2) is 42.5 Å². The molecule has 0 heterocycles. The van der Waals surface area contributed by atoms with Crippen LogP contribution in [0.25, 0.3) is 0 Å². The van der Waals surface area contributed by atoms with E-state index in [1.54, 1.807) is 13.2 Å². The number of rotatable bonds is 5. The van der Waals surface area contributed by atoms with Gasteiger partial charge < -0.3 is 15.2 Å². The Kier molecular flexibility index (Phi) is 4.51. The number of anilines is 1. The standard InChI is InChI=1S/C17H21NO2/c1-4-14(13-7-5-6-8-16(13)19)18-15-11-12(2)9-10-17(15)20-3/h5-11,14,18-19H,4H2,1-3H3. The second-order valence-electron chi connectivity index (χ2n) is 4.87. The van der Waals surface area contributed by atoms with Crippen LogP contribution in [0.1, 0.15) is 30.5 Å². The van der Waals surface area contributed by atoms with Crippen molar-refractivity contribution in [2.24, 2.45) is 0 Å². The van der Waals surface area contributed by atoms with Crippen molar-refractivity contribution in [3.8, 4) is 11.5 Å². The minimum absolute atomic E-state index is 0.0481. The third-order valence-electron chi connectivity index (χ3n) is 3.41. The number of aromatic hydroxyl groups is 1. The Morgan fingerprint density at radius 1 is 1.20 bits per heavy atom. The summed E-state index contributed by atoms with van der Waals surface area (Å²) in [7, 11) is 1.66. The van der Waals surface area contributed by atoms with Crippen molar-refractivity contribution in [3.05, 3.63) is 53.6 Å². The van der Waals surface area contributed by atoms with Gasteiger partial charge in [-0.1, -0.05) is 31.2 Å². The molecule has 0 amide bonds. The summed E-state index contributed by atoms with van der Waals surface area (Å²) in [6.45, 7) is 4.14. The molecule has 2 rings (SSSR count). The van der Waals surface area contributed by atoms with Crippen molar-refractivity contribution in [1.29, 1.82) is 0 Å². The maximum atomic E-state index is 10.00. The fourth-order valence-corrected chi connectivity index (χ4v) is 2.30. The quantitative estimate of drug-likeness (QED) is 0.853. The fourth-order valence-electron chi connectivity index (χ4n) is 2.30. The molecule has 0 bridgehead atoms. The zero-order valence-electron chi connectivity index (χ0n) is 12.2. The van der Waals surface area contributed by atoms with Crippen molar-refractivity contribution >= 4 is 5.69 Å². The van der Waals surface area contributed by atoms with E-state index in [-0.39, 0.29) is 6.04 Å². The molecule has 0 aliphatic carbocycles. The van der Waals surface area contributed by atoms with E-state index >= 15 is 0 Å². The number of ether oxygens (including phenoxy) is 1. The molecule has 106 valence electrons. The highest BCUT2D eigenvalue weighted by Gasteiger charge is 2.15. The number of hydrogen-bond acceptors (Lipinski definition) is 3. The summed E-state index contributed by atoms with van der Waals surface area (Å²) in [5, 5.41) is 13.5. The van der Waals surface area contributed by atoms with E-state index in [2.05, 4.69) is 18.3 Å². The van der Waals surface area contributed by atoms with Crippen molar-refractivity contribution in [2.75, 3.05) is 12.4 Å². The second-order valence-corrected chi connectivity index (χ2v) is 4.87. The molecule has 0 radical (unpaired) electrons. The molecule has 2 aromatic rings. The summed E-state index contributed by atoms with van der Waals surface area (Å²) >= 11 is 0. The Hall–Kier alpha value is -2.16. The number of hydrogen-bond donors (Lipinski definition) is 2. The molecule has 3 nitrogen and oxygen atoms in total. The molecule has 1 unspecified atom stereocenters. The van der Waals surface area contributed by atoms with Gasteiger partial charge in [0.2, 0.25) is 0 Å². The van der Waals surface area contributed by atoms with E-state index in [0.717, 1.165) is 23.4 Å². The normalized spacial score (nSPS) is 11.9. The predicted molar refractivity (Wildman–Crippen MR) is 82.5 cm³/mol. The average molecular weight is 271 g/mol. The Bertz CT molecular complexity index is 581. The highest BCUT2D eigenvalue weighted by atomic mass is 16.5. The lowest BCUT2D eigenvalue weighted by Crippen LogP contribution is -2.10. The molecular formula is C17H21NO2. The van der Waals surface area contributed by atoms with Crippen LogP contribution in [0.4, 0.5) is 5.69 Å². The lowest BCUT2D eigenvalue weighted by Gasteiger charge is -2.21. The smallest absolute Gasteiger partial charge is 0.141 e. The number of aryl methyl sites for hydroxylation is 1. The van der Waals surface area contributed by atoms with Gasteiger partial charge >= 0.3 is 0 Å². The largest absolute Gasteiger partial charge is 0.508 e. The number of para-hydroxylation sites is 1. The molecule has 0 aromatic heterocycles. The molecule has 0 saturated carbocycles. The predicted octanol–water partition coefficient (Wildman–Crippen LogP) is 4.27. The van der Waals surface area contributed by atoms with E-state index in [1.807, 2.05) is 37.3 Å². The third kappa shape index (κ3) is 3.05. The monoisotopic (exact) mass is 271 g/mol. The topological polar surface area (TPSA) is 41.5 Å². The summed E-state index contributed by atoms with van der Waals surface area (Å²) in [5.41, 5.74) is 3.02. The lowest BCUT2D eigenvalue weighted by atomic mass is 10.0. The number of benzene rings is 2. The molecule has 3 heteroatoms. The zero-order chi connectivity index (χ0) is 14.5. The van der Waals surface area contributed by atoms with Gasteiger partial charge in [0.25, 0.3) is 0 Å². The van der Waals surface area contributed by atoms with Crippen LogP contribution in [0.3, 0.4) is 0 Å². The van der Waals surface area contributed by atoms with E-state index in [9.17, 15) is 5.11 Å². The number of phenols is 1. The van der Waals surface area contributed by atoms with E-state index < -0.39 is 0 Å². The Balaban J connectivity index is 2.31. The van der Waals surface area contributed by atoms with Crippen LogP contribution in [0.5, 0.6) is 11.5 Å². The second kappa shape index (κ2) is 6.33. The SMILES string of the molecule is CCC(Nc1cc(C)ccc1OC)c1ccccc1O. The highest BCUT2D eigenvalue weighted by Crippen LogP contribution is 2.33. The fraction of sp³-hybridized carbons (Fsp3) is 0.294. The first-order valence-electron chi connectivity index (χ1n) is 6.84. The van der Waals surface area contributed by atoms with Crippen LogP contribution in [-0.2, 0) is 0 Å². The maximum Gasteiger partial charge on any atom is 0.141 e. The van der Waals surface area contributed by atoms with Crippen LogP contribution in [0.2, 0.25) is 0 Å². The summed E-state index contributed by atoms with van der Waals surface area (Å²) < 4.78 is 5.39. The molecule has 0 saturated heterocycles. The molecule has 0 spiro atoms. The Labute approximate surface area is 120 Å². The first-order valence-corrected chi connectivity index (χ1v) is 6.84. The molecule has 0 fully saturated rings. The molecule has 2 aromatic carbocycles. The zero-order valence-corrected chi connectivity index (χ0v) is 12.2. The summed E-state index contributed by atoms with van der Waals surface area (Å²) in [5.74, 6) is 1.13. The van der Waals surface area contributed by atoms with Gasteiger partial charge in [-0.15, -0.1) is 0 Å². The van der Waals surface area contributed by atoms with E-state index in [4.69, 9.17) is 4.74 Å². The van der Waals surface area contributed by atoms with Crippen LogP contribution in [-0.4, -0.2) is 12.2 Å².